The van der Waals surface area contributed by atoms with Crippen molar-refractivity contribution in [1.29, 1.82) is 0 Å². The van der Waals surface area contributed by atoms with Crippen molar-refractivity contribution in [1.82, 2.24) is 15.2 Å². The molecule has 1 aromatic heterocycles. The van der Waals surface area contributed by atoms with Crippen LogP contribution < -0.4 is 10.6 Å². The van der Waals surface area contributed by atoms with Crippen LogP contribution in [0.3, 0.4) is 0 Å². The van der Waals surface area contributed by atoms with Gasteiger partial charge >= 0.3 is 11.8 Å². The number of likely N-dealkylation sites (tertiary alicyclic amines) is 1. The number of carbonyl (C=O) groups excluding carboxylic acids is 2. The number of anilines is 1. The molecule has 122 valence electrons. The molecule has 1 aliphatic rings. The molecule has 1 atom stereocenters. The largest absolute Gasteiger partial charge is 0.361 e. The van der Waals surface area contributed by atoms with Crippen LogP contribution in [0.4, 0.5) is 5.69 Å². The van der Waals surface area contributed by atoms with Crippen molar-refractivity contribution < 1.29 is 9.59 Å². The van der Waals surface area contributed by atoms with E-state index in [1.807, 2.05) is 18.2 Å². The van der Waals surface area contributed by atoms with Crippen molar-refractivity contribution in [2.75, 3.05) is 25.0 Å². The van der Waals surface area contributed by atoms with Crippen molar-refractivity contribution in [2.24, 2.45) is 0 Å². The van der Waals surface area contributed by atoms with Crippen LogP contribution in [0, 0.1) is 0 Å². The van der Waals surface area contributed by atoms with Gasteiger partial charge in [-0.05, 0) is 44.1 Å². The summed E-state index contributed by atoms with van der Waals surface area (Å²) < 4.78 is 0. The Kier molecular flexibility index (Phi) is 4.62. The zero-order valence-electron chi connectivity index (χ0n) is 13.3. The highest BCUT2D eigenvalue weighted by Crippen LogP contribution is 2.22. The van der Waals surface area contributed by atoms with Crippen LogP contribution in [0.25, 0.3) is 10.9 Å². The molecule has 3 N–H and O–H groups in total. The van der Waals surface area contributed by atoms with Gasteiger partial charge in [-0.2, -0.15) is 0 Å². The maximum absolute atomic E-state index is 12.1. The van der Waals surface area contributed by atoms with Gasteiger partial charge in [-0.1, -0.05) is 13.0 Å². The Morgan fingerprint density at radius 3 is 3.00 bits per heavy atom. The van der Waals surface area contributed by atoms with E-state index in [0.717, 1.165) is 36.8 Å². The summed E-state index contributed by atoms with van der Waals surface area (Å²) >= 11 is 0. The molecule has 0 aliphatic carbocycles. The van der Waals surface area contributed by atoms with Crippen molar-refractivity contribution in [3.8, 4) is 0 Å². The van der Waals surface area contributed by atoms with Crippen LogP contribution in [0.5, 0.6) is 0 Å². The van der Waals surface area contributed by atoms with Crippen LogP contribution in [0.2, 0.25) is 0 Å². The monoisotopic (exact) mass is 314 g/mol. The Bertz CT molecular complexity index is 709. The Morgan fingerprint density at radius 2 is 2.17 bits per heavy atom. The van der Waals surface area contributed by atoms with E-state index in [1.54, 1.807) is 12.3 Å². The molecule has 2 aromatic rings. The minimum absolute atomic E-state index is 0.338. The van der Waals surface area contributed by atoms with E-state index < -0.39 is 11.8 Å². The smallest absolute Gasteiger partial charge is 0.313 e. The number of carbonyl (C=O) groups is 2. The molecule has 3 rings (SSSR count). The zero-order valence-corrected chi connectivity index (χ0v) is 13.3. The molecule has 0 bridgehead atoms. The van der Waals surface area contributed by atoms with Crippen LogP contribution in [0.15, 0.2) is 30.5 Å². The maximum Gasteiger partial charge on any atom is 0.313 e. The van der Waals surface area contributed by atoms with Crippen molar-refractivity contribution >= 4 is 28.4 Å². The predicted molar refractivity (Wildman–Crippen MR) is 90.2 cm³/mol. The van der Waals surface area contributed by atoms with Crippen LogP contribution >= 0.6 is 0 Å². The highest BCUT2D eigenvalue weighted by Gasteiger charge is 2.24. The number of hydrogen-bond donors (Lipinski definition) is 3. The maximum atomic E-state index is 12.1. The molecule has 6 nitrogen and oxygen atoms in total. The first-order valence-electron chi connectivity index (χ1n) is 8.08. The summed E-state index contributed by atoms with van der Waals surface area (Å²) in [5.74, 6) is -1.21. The van der Waals surface area contributed by atoms with E-state index in [2.05, 4.69) is 27.4 Å². The van der Waals surface area contributed by atoms with Gasteiger partial charge in [0.15, 0.2) is 0 Å². The van der Waals surface area contributed by atoms with Gasteiger partial charge < -0.3 is 15.6 Å². The number of nitrogens with zero attached hydrogens (tertiary/aromatic N) is 1. The number of rotatable bonds is 4. The average molecular weight is 314 g/mol. The lowest BCUT2D eigenvalue weighted by atomic mass is 10.2. The normalized spacial score (nSPS) is 18.2. The second-order valence-electron chi connectivity index (χ2n) is 5.83. The molecule has 1 aromatic carbocycles. The quantitative estimate of drug-likeness (QED) is 0.752. The molecule has 6 heteroatoms. The van der Waals surface area contributed by atoms with Gasteiger partial charge in [0.05, 0.1) is 5.69 Å². The molecule has 0 spiro atoms. The molecule has 1 saturated heterocycles. The van der Waals surface area contributed by atoms with Gasteiger partial charge in [0.2, 0.25) is 0 Å². The first-order chi connectivity index (χ1) is 11.2. The minimum Gasteiger partial charge on any atom is -0.361 e. The van der Waals surface area contributed by atoms with Crippen molar-refractivity contribution in [3.63, 3.8) is 0 Å². The molecule has 2 heterocycles. The number of nitrogens with one attached hydrogen (secondary N) is 3. The van der Waals surface area contributed by atoms with Gasteiger partial charge in [-0.15, -0.1) is 0 Å². The van der Waals surface area contributed by atoms with E-state index in [-0.39, 0.29) is 0 Å². The molecule has 23 heavy (non-hydrogen) atoms. The number of aromatic amines is 1. The average Bonchev–Trinajstić information content (AvgIpc) is 3.21. The Labute approximate surface area is 135 Å². The first-order valence-corrected chi connectivity index (χ1v) is 8.08. The van der Waals surface area contributed by atoms with Crippen LogP contribution in [-0.4, -0.2) is 47.4 Å². The third-order valence-electron chi connectivity index (χ3n) is 4.45. The van der Waals surface area contributed by atoms with Crippen LogP contribution in [0.1, 0.15) is 19.8 Å². The van der Waals surface area contributed by atoms with E-state index in [1.165, 1.54) is 0 Å². The number of likely N-dealkylation sites (N-methyl/N-ethyl adjacent to an activating group) is 1. The number of H-pyrrole nitrogens is 1. The fraction of sp³-hybridized carbons (Fsp3) is 0.412. The molecule has 1 unspecified atom stereocenters. The lowest BCUT2D eigenvalue weighted by Crippen LogP contribution is -2.43. The summed E-state index contributed by atoms with van der Waals surface area (Å²) in [6.45, 7) is 4.68. The van der Waals surface area contributed by atoms with Gasteiger partial charge in [0, 0.05) is 29.7 Å². The fourth-order valence-corrected chi connectivity index (χ4v) is 3.21. The molecule has 2 amide bonds. The second-order valence-corrected chi connectivity index (χ2v) is 5.83. The summed E-state index contributed by atoms with van der Waals surface area (Å²) in [6.07, 6.45) is 4.02. The summed E-state index contributed by atoms with van der Waals surface area (Å²) in [4.78, 5) is 29.5. The van der Waals surface area contributed by atoms with Crippen LogP contribution in [-0.2, 0) is 9.59 Å². The lowest BCUT2D eigenvalue weighted by molar-refractivity contribution is -0.136. The fourth-order valence-electron chi connectivity index (χ4n) is 3.21. The van der Waals surface area contributed by atoms with E-state index in [9.17, 15) is 9.59 Å². The molecule has 0 saturated carbocycles. The minimum atomic E-state index is -0.625. The lowest BCUT2D eigenvalue weighted by Gasteiger charge is -2.22. The van der Waals surface area contributed by atoms with Crippen molar-refractivity contribution in [2.45, 2.75) is 25.8 Å². The van der Waals surface area contributed by atoms with Gasteiger partial charge in [-0.25, -0.2) is 0 Å². The Balaban J connectivity index is 1.57. The number of benzene rings is 1. The Morgan fingerprint density at radius 1 is 1.30 bits per heavy atom. The number of fused-ring (bicyclic) bond motifs is 1. The zero-order chi connectivity index (χ0) is 16.2. The van der Waals surface area contributed by atoms with Gasteiger partial charge in [0.25, 0.3) is 0 Å². The summed E-state index contributed by atoms with van der Waals surface area (Å²) in [5, 5.41) is 6.33. The topological polar surface area (TPSA) is 77.2 Å². The van der Waals surface area contributed by atoms with Gasteiger partial charge in [-0.3, -0.25) is 14.5 Å². The predicted octanol–water partition coefficient (Wildman–Crippen LogP) is 1.71. The number of amides is 2. The highest BCUT2D eigenvalue weighted by molar-refractivity contribution is 6.40. The van der Waals surface area contributed by atoms with E-state index in [4.69, 9.17) is 0 Å². The molecular formula is C17H22N4O2. The summed E-state index contributed by atoms with van der Waals surface area (Å²) in [7, 11) is 0. The van der Waals surface area contributed by atoms with Crippen molar-refractivity contribution in [3.05, 3.63) is 30.5 Å². The Hall–Kier alpha value is -2.34. The number of aromatic nitrogens is 1. The van der Waals surface area contributed by atoms with Gasteiger partial charge in [0.1, 0.15) is 0 Å². The standard InChI is InChI=1S/C17H22N4O2/c1-2-21-10-4-5-12(21)11-19-16(22)17(23)20-15-7-3-6-14-13(15)8-9-18-14/h3,6-9,12,18H,2,4-5,10-11H2,1H3,(H,19,22)(H,20,23). The SMILES string of the molecule is CCN1CCCC1CNC(=O)C(=O)Nc1cccc2[nH]ccc12. The molecule has 1 fully saturated rings. The second kappa shape index (κ2) is 6.83. The third kappa shape index (κ3) is 3.37. The number of hydrogen-bond acceptors (Lipinski definition) is 3. The summed E-state index contributed by atoms with van der Waals surface area (Å²) in [5.41, 5.74) is 1.56. The first kappa shape index (κ1) is 15.6. The summed E-state index contributed by atoms with van der Waals surface area (Å²) in [6, 6.07) is 7.76. The molecular weight excluding hydrogens is 292 g/mol. The molecule has 0 radical (unpaired) electrons. The van der Waals surface area contributed by atoms with E-state index >= 15 is 0 Å². The van der Waals surface area contributed by atoms with E-state index in [0.29, 0.717) is 18.3 Å². The third-order valence-corrected chi connectivity index (χ3v) is 4.45. The molecule has 1 aliphatic heterocycles. The highest BCUT2D eigenvalue weighted by atomic mass is 16.2.